The van der Waals surface area contributed by atoms with Crippen molar-refractivity contribution in [2.75, 3.05) is 0 Å². The lowest BCUT2D eigenvalue weighted by molar-refractivity contribution is 1.32. The Morgan fingerprint density at radius 3 is 1.33 bits per heavy atom. The summed E-state index contributed by atoms with van der Waals surface area (Å²) >= 11 is 0. The molecule has 0 radical (unpaired) electrons. The number of aromatic nitrogens is 2. The second-order valence-electron chi connectivity index (χ2n) is 4.56. The van der Waals surface area contributed by atoms with Crippen LogP contribution in [0.2, 0.25) is 0 Å². The highest BCUT2D eigenvalue weighted by atomic mass is 14.6. The zero-order valence-electron chi connectivity index (χ0n) is 12.7. The highest BCUT2D eigenvalue weighted by molar-refractivity contribution is 5.73. The van der Waals surface area contributed by atoms with Crippen LogP contribution >= 0.6 is 0 Å². The molecule has 2 heteroatoms. The van der Waals surface area contributed by atoms with Crippen LogP contribution < -0.4 is 0 Å². The van der Waals surface area contributed by atoms with E-state index in [-0.39, 0.29) is 0 Å². The van der Waals surface area contributed by atoms with Gasteiger partial charge in [-0.05, 0) is 65.1 Å². The highest BCUT2D eigenvalue weighted by Crippen LogP contribution is 2.27. The summed E-state index contributed by atoms with van der Waals surface area (Å²) < 4.78 is 0. The minimum atomic E-state index is 1.19. The summed E-state index contributed by atoms with van der Waals surface area (Å²) in [5, 5.41) is 0. The van der Waals surface area contributed by atoms with E-state index in [9.17, 15) is 0 Å². The molecule has 0 aliphatic carbocycles. The van der Waals surface area contributed by atoms with Crippen molar-refractivity contribution in [2.45, 2.75) is 20.8 Å². The number of hydrogen-bond acceptors (Lipinski definition) is 2. The van der Waals surface area contributed by atoms with Gasteiger partial charge in [-0.1, -0.05) is 26.0 Å². The molecule has 1 aromatic carbocycles. The lowest BCUT2D eigenvalue weighted by Gasteiger charge is -2.08. The molecular formula is C19H20N2. The average Bonchev–Trinajstić information content (AvgIpc) is 2.58. The standard InChI is InChI=1S/C17H14N2.C2H6/c1-13-10-16(14-2-6-18-7-3-14)12-17(11-13)15-4-8-19-9-5-15;1-2/h2-12H,1H3;1-2H3. The molecule has 0 N–H and O–H groups in total. The van der Waals surface area contributed by atoms with E-state index < -0.39 is 0 Å². The van der Waals surface area contributed by atoms with E-state index >= 15 is 0 Å². The fourth-order valence-electron chi connectivity index (χ4n) is 2.21. The molecule has 0 bridgehead atoms. The van der Waals surface area contributed by atoms with Crippen molar-refractivity contribution in [3.05, 3.63) is 72.8 Å². The highest BCUT2D eigenvalue weighted by Gasteiger charge is 2.03. The van der Waals surface area contributed by atoms with Gasteiger partial charge in [0.2, 0.25) is 0 Å². The van der Waals surface area contributed by atoms with Gasteiger partial charge >= 0.3 is 0 Å². The van der Waals surface area contributed by atoms with Crippen LogP contribution in [0.1, 0.15) is 19.4 Å². The van der Waals surface area contributed by atoms with Crippen molar-refractivity contribution < 1.29 is 0 Å². The Morgan fingerprint density at radius 1 is 0.571 bits per heavy atom. The van der Waals surface area contributed by atoms with E-state index in [4.69, 9.17) is 0 Å². The molecule has 0 saturated carbocycles. The summed E-state index contributed by atoms with van der Waals surface area (Å²) in [5.74, 6) is 0. The van der Waals surface area contributed by atoms with Gasteiger partial charge in [-0.25, -0.2) is 0 Å². The molecule has 0 saturated heterocycles. The molecule has 0 aliphatic rings. The lowest BCUT2D eigenvalue weighted by Crippen LogP contribution is -1.85. The second kappa shape index (κ2) is 7.34. The molecular weight excluding hydrogens is 256 g/mol. The maximum atomic E-state index is 4.07. The van der Waals surface area contributed by atoms with Crippen LogP contribution in [0.15, 0.2) is 67.3 Å². The van der Waals surface area contributed by atoms with E-state index in [0.717, 1.165) is 0 Å². The van der Waals surface area contributed by atoms with Crippen LogP contribution in [0.3, 0.4) is 0 Å². The fraction of sp³-hybridized carbons (Fsp3) is 0.158. The molecule has 0 aliphatic heterocycles. The van der Waals surface area contributed by atoms with Crippen molar-refractivity contribution in [1.29, 1.82) is 0 Å². The van der Waals surface area contributed by atoms with E-state index in [1.54, 1.807) is 0 Å². The topological polar surface area (TPSA) is 25.8 Å². The van der Waals surface area contributed by atoms with Crippen LogP contribution in [0.5, 0.6) is 0 Å². The number of hydrogen-bond donors (Lipinski definition) is 0. The first-order chi connectivity index (χ1) is 10.3. The molecule has 0 spiro atoms. The molecule has 2 heterocycles. The SMILES string of the molecule is CC.Cc1cc(-c2ccncc2)cc(-c2ccncc2)c1. The summed E-state index contributed by atoms with van der Waals surface area (Å²) in [6, 6.07) is 14.7. The lowest BCUT2D eigenvalue weighted by atomic mass is 9.98. The third kappa shape index (κ3) is 3.76. The smallest absolute Gasteiger partial charge is 0.0273 e. The number of aryl methyl sites for hydroxylation is 1. The second-order valence-corrected chi connectivity index (χ2v) is 4.56. The maximum absolute atomic E-state index is 4.07. The molecule has 106 valence electrons. The van der Waals surface area contributed by atoms with E-state index in [2.05, 4.69) is 35.1 Å². The minimum Gasteiger partial charge on any atom is -0.265 e. The van der Waals surface area contributed by atoms with Gasteiger partial charge in [-0.15, -0.1) is 0 Å². The van der Waals surface area contributed by atoms with Crippen molar-refractivity contribution in [3.63, 3.8) is 0 Å². The zero-order valence-corrected chi connectivity index (χ0v) is 12.7. The summed E-state index contributed by atoms with van der Waals surface area (Å²) in [4.78, 5) is 8.13. The Kier molecular flexibility index (Phi) is 5.22. The monoisotopic (exact) mass is 276 g/mol. The third-order valence-electron chi connectivity index (χ3n) is 3.10. The first-order valence-electron chi connectivity index (χ1n) is 7.25. The maximum Gasteiger partial charge on any atom is 0.0273 e. The van der Waals surface area contributed by atoms with E-state index in [1.807, 2.05) is 62.9 Å². The Bertz CT molecular complexity index is 619. The Morgan fingerprint density at radius 2 is 0.952 bits per heavy atom. The van der Waals surface area contributed by atoms with Crippen molar-refractivity contribution in [1.82, 2.24) is 9.97 Å². The Balaban J connectivity index is 0.000000774. The molecule has 0 unspecified atom stereocenters. The van der Waals surface area contributed by atoms with Crippen LogP contribution in [-0.2, 0) is 0 Å². The number of pyridine rings is 2. The van der Waals surface area contributed by atoms with Crippen LogP contribution in [0.4, 0.5) is 0 Å². The van der Waals surface area contributed by atoms with Gasteiger partial charge in [0, 0.05) is 24.8 Å². The predicted molar refractivity (Wildman–Crippen MR) is 89.0 cm³/mol. The van der Waals surface area contributed by atoms with Gasteiger partial charge in [-0.2, -0.15) is 0 Å². The fourth-order valence-corrected chi connectivity index (χ4v) is 2.21. The molecule has 3 rings (SSSR count). The molecule has 0 fully saturated rings. The van der Waals surface area contributed by atoms with Gasteiger partial charge in [-0.3, -0.25) is 9.97 Å². The van der Waals surface area contributed by atoms with E-state index in [0.29, 0.717) is 0 Å². The summed E-state index contributed by atoms with van der Waals surface area (Å²) in [6.07, 6.45) is 7.29. The minimum absolute atomic E-state index is 1.19. The predicted octanol–water partition coefficient (Wildman–Crippen LogP) is 5.15. The number of nitrogens with zero attached hydrogens (tertiary/aromatic N) is 2. The van der Waals surface area contributed by atoms with E-state index in [1.165, 1.54) is 27.8 Å². The molecule has 2 aromatic heterocycles. The zero-order chi connectivity index (χ0) is 15.1. The molecule has 2 nitrogen and oxygen atoms in total. The first-order valence-corrected chi connectivity index (χ1v) is 7.25. The van der Waals surface area contributed by atoms with Crippen LogP contribution in [-0.4, -0.2) is 9.97 Å². The Labute approximate surface area is 126 Å². The van der Waals surface area contributed by atoms with Gasteiger partial charge in [0.25, 0.3) is 0 Å². The third-order valence-corrected chi connectivity index (χ3v) is 3.10. The van der Waals surface area contributed by atoms with Crippen LogP contribution in [0, 0.1) is 6.92 Å². The Hall–Kier alpha value is -2.48. The molecule has 21 heavy (non-hydrogen) atoms. The quantitative estimate of drug-likeness (QED) is 0.647. The van der Waals surface area contributed by atoms with Gasteiger partial charge < -0.3 is 0 Å². The summed E-state index contributed by atoms with van der Waals surface area (Å²) in [7, 11) is 0. The number of rotatable bonds is 2. The van der Waals surface area contributed by atoms with Crippen molar-refractivity contribution in [2.24, 2.45) is 0 Å². The molecule has 0 atom stereocenters. The summed E-state index contributed by atoms with van der Waals surface area (Å²) in [5.41, 5.74) is 6.06. The summed E-state index contributed by atoms with van der Waals surface area (Å²) in [6.45, 7) is 6.12. The molecule has 3 aromatic rings. The normalized spacial score (nSPS) is 9.67. The van der Waals surface area contributed by atoms with Crippen molar-refractivity contribution in [3.8, 4) is 22.3 Å². The van der Waals surface area contributed by atoms with Crippen molar-refractivity contribution >= 4 is 0 Å². The molecule has 0 amide bonds. The van der Waals surface area contributed by atoms with Crippen LogP contribution in [0.25, 0.3) is 22.3 Å². The first kappa shape index (κ1) is 14.9. The number of benzene rings is 1. The van der Waals surface area contributed by atoms with Gasteiger partial charge in [0.15, 0.2) is 0 Å². The largest absolute Gasteiger partial charge is 0.265 e. The average molecular weight is 276 g/mol. The van der Waals surface area contributed by atoms with Gasteiger partial charge in [0.05, 0.1) is 0 Å². The van der Waals surface area contributed by atoms with Gasteiger partial charge in [0.1, 0.15) is 0 Å².